The van der Waals surface area contributed by atoms with Crippen LogP contribution < -0.4 is 9.47 Å². The fourth-order valence-corrected chi connectivity index (χ4v) is 13.7. The van der Waals surface area contributed by atoms with Crippen LogP contribution in [0.1, 0.15) is 144 Å². The van der Waals surface area contributed by atoms with E-state index in [1.165, 1.54) is 59.6 Å². The van der Waals surface area contributed by atoms with Gasteiger partial charge in [-0.15, -0.1) is 0 Å². The van der Waals surface area contributed by atoms with Crippen molar-refractivity contribution in [2.24, 2.45) is 0 Å². The molecule has 0 radical (unpaired) electrons. The molecule has 13 aromatic rings. The highest BCUT2D eigenvalue weighted by Gasteiger charge is 2.45. The van der Waals surface area contributed by atoms with E-state index in [0.717, 1.165) is 43.0 Å². The topological polar surface area (TPSA) is 190 Å². The predicted octanol–water partition coefficient (Wildman–Crippen LogP) is 17.3. The third kappa shape index (κ3) is 12.7. The summed E-state index contributed by atoms with van der Waals surface area (Å²) in [6.07, 6.45) is 6.36. The molecule has 0 saturated carbocycles. The number of ether oxygens (including phenoxy) is 2. The van der Waals surface area contributed by atoms with Crippen LogP contribution in [-0.2, 0) is 32.5 Å². The second kappa shape index (κ2) is 29.2. The van der Waals surface area contributed by atoms with E-state index in [0.29, 0.717) is 73.5 Å². The molecule has 0 fully saturated rings. The van der Waals surface area contributed by atoms with Crippen molar-refractivity contribution in [3.63, 3.8) is 0 Å². The highest BCUT2D eigenvalue weighted by Crippen LogP contribution is 2.47. The molecule has 16 rings (SSSR count). The average Bonchev–Trinajstić information content (AvgIpc) is 1.55. The number of aromatic nitrogens is 3. The molecule has 3 aromatic heterocycles. The lowest BCUT2D eigenvalue weighted by molar-refractivity contribution is 0.0625. The lowest BCUT2D eigenvalue weighted by Gasteiger charge is -2.23. The number of imide groups is 3. The summed E-state index contributed by atoms with van der Waals surface area (Å²) in [5.41, 5.74) is 9.96. The zero-order valence-electron chi connectivity index (χ0n) is 56.2. The standard InChI is InChI=1S/C33H25FN2O3.C33H23FN2O3.C20H15FN2O3/c2*1-2-25-26-14-9-19-35-29(26)31(39-30(22-10-5-3-6-11-22)23-12-7-4-8-13-23)28-27(25)32(37)36(33(28)38)20-21-15-17-24(34)18-16-21;1-2-13-14-4-3-9-22-17(14)18(24)16-15(13)19(25)23(20(16)26)10-11-5-7-12(21)8-6-11/h3-19,30H,2,20H2,1H3;2-19,30H,1,20H2;3-9,24H,2,10H2,1H3. The molecule has 1 N–H and O–H groups in total. The van der Waals surface area contributed by atoms with E-state index >= 15 is 0 Å². The Morgan fingerprint density at radius 1 is 0.375 bits per heavy atom. The molecule has 0 aliphatic carbocycles. The smallest absolute Gasteiger partial charge is 0.265 e. The van der Waals surface area contributed by atoms with Gasteiger partial charge in [0.2, 0.25) is 0 Å². The van der Waals surface area contributed by atoms with Crippen molar-refractivity contribution in [2.45, 2.75) is 58.5 Å². The van der Waals surface area contributed by atoms with Gasteiger partial charge in [0.25, 0.3) is 35.4 Å². The van der Waals surface area contributed by atoms with Crippen LogP contribution in [0.3, 0.4) is 0 Å². The Labute approximate surface area is 595 Å². The first kappa shape index (κ1) is 67.9. The van der Waals surface area contributed by atoms with E-state index in [9.17, 15) is 47.0 Å². The molecule has 18 heteroatoms. The first-order valence-corrected chi connectivity index (χ1v) is 33.6. The summed E-state index contributed by atoms with van der Waals surface area (Å²) in [6, 6.07) is 66.9. The normalized spacial score (nSPS) is 13.0. The van der Waals surface area contributed by atoms with Crippen LogP contribution in [0.5, 0.6) is 17.2 Å². The molecule has 0 spiro atoms. The SMILES string of the molecule is C=Cc1c2c(c(OC(c3ccccc3)c3ccccc3)c3ncccc13)C(=O)N(Cc1ccc(F)cc1)C2=O.CCc1c2c(c(O)c3ncccc13)C(=O)N(Cc1ccc(F)cc1)C2=O.CCc1c2c(c(OC(c3ccccc3)c3ccccc3)c3ncccc13)C(=O)N(Cc1ccc(F)cc1)C2=O. The van der Waals surface area contributed by atoms with Gasteiger partial charge < -0.3 is 14.6 Å². The second-order valence-electron chi connectivity index (χ2n) is 24.8. The largest absolute Gasteiger partial charge is 0.505 e. The zero-order valence-corrected chi connectivity index (χ0v) is 56.2. The number of phenolic OH excluding ortho intramolecular Hbond substituents is 1. The number of rotatable bonds is 17. The van der Waals surface area contributed by atoms with Crippen molar-refractivity contribution in [1.82, 2.24) is 29.7 Å². The molecule has 6 heterocycles. The number of phenols is 1. The Morgan fingerprint density at radius 2 is 0.673 bits per heavy atom. The number of amides is 6. The third-order valence-electron chi connectivity index (χ3n) is 18.6. The molecule has 3 aliphatic heterocycles. The minimum absolute atomic E-state index is 0.000150. The Hall–Kier alpha value is -13.2. The number of nitrogens with zero attached hydrogens (tertiary/aromatic N) is 6. The molecule has 15 nitrogen and oxygen atoms in total. The first-order valence-electron chi connectivity index (χ1n) is 33.6. The van der Waals surface area contributed by atoms with E-state index in [4.69, 9.17) is 9.47 Å². The summed E-state index contributed by atoms with van der Waals surface area (Å²) >= 11 is 0. The number of aryl methyl sites for hydroxylation is 2. The van der Waals surface area contributed by atoms with Crippen molar-refractivity contribution in [3.8, 4) is 17.2 Å². The van der Waals surface area contributed by atoms with Gasteiger partial charge in [-0.05, 0) is 123 Å². The van der Waals surface area contributed by atoms with Crippen LogP contribution >= 0.6 is 0 Å². The summed E-state index contributed by atoms with van der Waals surface area (Å²) in [4.78, 5) is 98.2. The molecule has 0 bridgehead atoms. The monoisotopic (exact) mass is 1380 g/mol. The summed E-state index contributed by atoms with van der Waals surface area (Å²) < 4.78 is 53.6. The van der Waals surface area contributed by atoms with Gasteiger partial charge in [0, 0.05) is 34.7 Å². The van der Waals surface area contributed by atoms with Gasteiger partial charge in [0.1, 0.15) is 46.2 Å². The van der Waals surface area contributed by atoms with Crippen LogP contribution in [0.4, 0.5) is 13.2 Å². The summed E-state index contributed by atoms with van der Waals surface area (Å²) in [6.45, 7) is 7.81. The molecular formula is C86H63F3N6O9. The molecular weight excluding hydrogens is 1320 g/mol. The maximum absolute atomic E-state index is 14.0. The van der Waals surface area contributed by atoms with E-state index in [-0.39, 0.29) is 82.2 Å². The summed E-state index contributed by atoms with van der Waals surface area (Å²) in [5.74, 6) is -3.70. The van der Waals surface area contributed by atoms with Gasteiger partial charge in [-0.25, -0.2) is 13.2 Å². The third-order valence-corrected chi connectivity index (χ3v) is 18.6. The van der Waals surface area contributed by atoms with Crippen LogP contribution in [0, 0.1) is 17.5 Å². The quantitative estimate of drug-likeness (QED) is 0.0851. The molecule has 10 aromatic carbocycles. The van der Waals surface area contributed by atoms with Gasteiger partial charge in [-0.3, -0.25) is 58.4 Å². The van der Waals surface area contributed by atoms with Gasteiger partial charge in [-0.1, -0.05) is 202 Å². The van der Waals surface area contributed by atoms with Gasteiger partial charge >= 0.3 is 0 Å². The Kier molecular flexibility index (Phi) is 19.0. The van der Waals surface area contributed by atoms with E-state index in [1.807, 2.05) is 153 Å². The number of hydrogen-bond acceptors (Lipinski definition) is 12. The number of pyridine rings is 3. The highest BCUT2D eigenvalue weighted by molar-refractivity contribution is 6.28. The van der Waals surface area contributed by atoms with Crippen LogP contribution in [0.25, 0.3) is 38.8 Å². The van der Waals surface area contributed by atoms with E-state index in [2.05, 4.69) is 21.5 Å². The number of carbonyl (C=O) groups excluding carboxylic acids is 6. The minimum atomic E-state index is -0.565. The molecule has 0 saturated heterocycles. The van der Waals surface area contributed by atoms with Crippen LogP contribution in [-0.4, -0.2) is 70.2 Å². The fourth-order valence-electron chi connectivity index (χ4n) is 13.7. The number of halogens is 3. The molecule has 3 aliphatic rings. The van der Waals surface area contributed by atoms with Crippen molar-refractivity contribution in [3.05, 3.63) is 362 Å². The Balaban J connectivity index is 0.000000135. The summed E-state index contributed by atoms with van der Waals surface area (Å²) in [5, 5.41) is 12.7. The van der Waals surface area contributed by atoms with Crippen LogP contribution in [0.2, 0.25) is 0 Å². The van der Waals surface area contributed by atoms with Gasteiger partial charge in [-0.2, -0.15) is 0 Å². The summed E-state index contributed by atoms with van der Waals surface area (Å²) in [7, 11) is 0. The van der Waals surface area contributed by atoms with Gasteiger partial charge in [0.05, 0.1) is 53.0 Å². The number of benzene rings is 10. The van der Waals surface area contributed by atoms with Crippen LogP contribution in [0.15, 0.2) is 256 Å². The van der Waals surface area contributed by atoms with Crippen molar-refractivity contribution < 1.29 is 56.5 Å². The maximum Gasteiger partial charge on any atom is 0.265 e. The first-order chi connectivity index (χ1) is 50.6. The van der Waals surface area contributed by atoms with Crippen molar-refractivity contribution >= 4 is 74.2 Å². The lowest BCUT2D eigenvalue weighted by Crippen LogP contribution is -2.29. The molecule has 6 amide bonds. The maximum atomic E-state index is 14.0. The highest BCUT2D eigenvalue weighted by atomic mass is 19.1. The second-order valence-corrected chi connectivity index (χ2v) is 24.8. The zero-order chi connectivity index (χ0) is 72.3. The number of hydrogen-bond donors (Lipinski definition) is 1. The molecule has 0 unspecified atom stereocenters. The molecule has 0 atom stereocenters. The van der Waals surface area contributed by atoms with Crippen molar-refractivity contribution in [2.75, 3.05) is 0 Å². The van der Waals surface area contributed by atoms with E-state index < -0.39 is 47.6 Å². The molecule has 512 valence electrons. The van der Waals surface area contributed by atoms with Crippen molar-refractivity contribution in [1.29, 1.82) is 0 Å². The number of carbonyl (C=O) groups is 6. The van der Waals surface area contributed by atoms with Gasteiger partial charge in [0.15, 0.2) is 17.2 Å². The number of fused-ring (bicyclic) bond motifs is 6. The fraction of sp³-hybridized carbons (Fsp3) is 0.105. The molecule has 104 heavy (non-hydrogen) atoms. The predicted molar refractivity (Wildman–Crippen MR) is 388 cm³/mol. The Bertz CT molecular complexity index is 5460. The lowest BCUT2D eigenvalue weighted by atomic mass is 9.94. The number of aromatic hydroxyl groups is 1. The van der Waals surface area contributed by atoms with E-state index in [1.54, 1.807) is 60.9 Å². The Morgan fingerprint density at radius 3 is 1.04 bits per heavy atom. The minimum Gasteiger partial charge on any atom is -0.505 e. The average molecular weight is 1380 g/mol.